The molecule has 2 heterocycles. The second-order valence-electron chi connectivity index (χ2n) is 8.88. The van der Waals surface area contributed by atoms with Gasteiger partial charge in [0.15, 0.2) is 12.2 Å². The number of carbonyl (C=O) groups excluding carboxylic acids is 2. The molecule has 0 aliphatic carbocycles. The lowest BCUT2D eigenvalue weighted by Crippen LogP contribution is -2.52. The molecule has 0 saturated heterocycles. The first-order valence-corrected chi connectivity index (χ1v) is 10.2. The molecule has 7 heteroatoms. The van der Waals surface area contributed by atoms with E-state index in [1.165, 1.54) is 6.07 Å². The predicted molar refractivity (Wildman–Crippen MR) is 110 cm³/mol. The minimum atomic E-state index is -0.982. The van der Waals surface area contributed by atoms with Crippen LogP contribution in [0.3, 0.4) is 0 Å². The molecule has 7 nitrogen and oxygen atoms in total. The molecule has 162 valence electrons. The first-order valence-electron chi connectivity index (χ1n) is 10.2. The Labute approximate surface area is 175 Å². The van der Waals surface area contributed by atoms with Crippen molar-refractivity contribution in [2.75, 3.05) is 0 Å². The van der Waals surface area contributed by atoms with E-state index in [0.29, 0.717) is 16.7 Å². The summed E-state index contributed by atoms with van der Waals surface area (Å²) < 4.78 is 23.2. The van der Waals surface area contributed by atoms with E-state index < -0.39 is 41.3 Å². The van der Waals surface area contributed by atoms with Crippen molar-refractivity contribution >= 4 is 22.9 Å². The first-order chi connectivity index (χ1) is 14.0. The minimum absolute atomic E-state index is 0.105. The topological polar surface area (TPSA) is 92.0 Å². The smallest absolute Gasteiger partial charge is 0.336 e. The van der Waals surface area contributed by atoms with Gasteiger partial charge in [0.25, 0.3) is 0 Å². The number of carbonyl (C=O) groups is 2. The first kappa shape index (κ1) is 21.9. The van der Waals surface area contributed by atoms with Crippen LogP contribution in [0.25, 0.3) is 11.0 Å². The SMILES string of the molecule is CC(C)CC(=O)OC1C(OC(=O)C(C)C)c2c(ccc3ccc(=O)oc23)OC1(C)C. The maximum atomic E-state index is 12.5. The molecular formula is C23H28O7. The molecule has 2 aromatic rings. The fourth-order valence-electron chi connectivity index (χ4n) is 3.46. The molecule has 0 amide bonds. The highest BCUT2D eigenvalue weighted by molar-refractivity contribution is 5.84. The molecule has 2 unspecified atom stereocenters. The largest absolute Gasteiger partial charge is 0.483 e. The Hall–Kier alpha value is -2.83. The molecule has 1 aromatic carbocycles. The van der Waals surface area contributed by atoms with Gasteiger partial charge in [-0.15, -0.1) is 0 Å². The highest BCUT2D eigenvalue weighted by atomic mass is 16.6. The average molecular weight is 416 g/mol. The molecular weight excluding hydrogens is 388 g/mol. The van der Waals surface area contributed by atoms with Crippen LogP contribution in [0.5, 0.6) is 5.75 Å². The molecule has 1 aliphatic heterocycles. The lowest BCUT2D eigenvalue weighted by atomic mass is 9.87. The van der Waals surface area contributed by atoms with Gasteiger partial charge in [-0.1, -0.05) is 27.7 Å². The zero-order valence-corrected chi connectivity index (χ0v) is 18.2. The summed E-state index contributed by atoms with van der Waals surface area (Å²) >= 11 is 0. The van der Waals surface area contributed by atoms with Crippen molar-refractivity contribution < 1.29 is 28.2 Å². The number of esters is 2. The van der Waals surface area contributed by atoms with Crippen molar-refractivity contribution in [1.29, 1.82) is 0 Å². The van der Waals surface area contributed by atoms with Crippen molar-refractivity contribution in [3.63, 3.8) is 0 Å². The summed E-state index contributed by atoms with van der Waals surface area (Å²) in [5, 5.41) is 0.648. The van der Waals surface area contributed by atoms with Gasteiger partial charge in [-0.05, 0) is 38.0 Å². The third-order valence-electron chi connectivity index (χ3n) is 4.95. The van der Waals surface area contributed by atoms with Gasteiger partial charge in [-0.2, -0.15) is 0 Å². The van der Waals surface area contributed by atoms with Gasteiger partial charge in [0, 0.05) is 17.9 Å². The summed E-state index contributed by atoms with van der Waals surface area (Å²) in [6.45, 7) is 10.8. The monoisotopic (exact) mass is 416 g/mol. The summed E-state index contributed by atoms with van der Waals surface area (Å²) in [5.41, 5.74) is -0.879. The van der Waals surface area contributed by atoms with E-state index in [-0.39, 0.29) is 17.9 Å². The average Bonchev–Trinajstić information content (AvgIpc) is 2.62. The number of hydrogen-bond acceptors (Lipinski definition) is 7. The quantitative estimate of drug-likeness (QED) is 0.534. The molecule has 1 aliphatic rings. The number of rotatable bonds is 5. The van der Waals surface area contributed by atoms with Crippen LogP contribution >= 0.6 is 0 Å². The van der Waals surface area contributed by atoms with E-state index >= 15 is 0 Å². The van der Waals surface area contributed by atoms with Gasteiger partial charge in [-0.3, -0.25) is 9.59 Å². The van der Waals surface area contributed by atoms with Crippen molar-refractivity contribution in [3.05, 3.63) is 40.2 Å². The van der Waals surface area contributed by atoms with Gasteiger partial charge in [0.2, 0.25) is 0 Å². The second-order valence-corrected chi connectivity index (χ2v) is 8.88. The normalized spacial score (nSPS) is 20.0. The number of ether oxygens (including phenoxy) is 3. The van der Waals surface area contributed by atoms with Crippen LogP contribution in [0.15, 0.2) is 33.5 Å². The fourth-order valence-corrected chi connectivity index (χ4v) is 3.46. The van der Waals surface area contributed by atoms with Crippen LogP contribution in [-0.2, 0) is 19.1 Å². The van der Waals surface area contributed by atoms with Gasteiger partial charge in [-0.25, -0.2) is 4.79 Å². The Balaban J connectivity index is 2.17. The van der Waals surface area contributed by atoms with Crippen molar-refractivity contribution in [1.82, 2.24) is 0 Å². The van der Waals surface area contributed by atoms with Crippen molar-refractivity contribution in [2.24, 2.45) is 11.8 Å². The molecule has 30 heavy (non-hydrogen) atoms. The fraction of sp³-hybridized carbons (Fsp3) is 0.522. The molecule has 0 fully saturated rings. The highest BCUT2D eigenvalue weighted by Crippen LogP contribution is 2.46. The maximum absolute atomic E-state index is 12.5. The molecule has 0 N–H and O–H groups in total. The molecule has 3 rings (SSSR count). The summed E-state index contributed by atoms with van der Waals surface area (Å²) in [5.74, 6) is -0.743. The van der Waals surface area contributed by atoms with Crippen LogP contribution in [0.4, 0.5) is 0 Å². The lowest BCUT2D eigenvalue weighted by molar-refractivity contribution is -0.192. The van der Waals surface area contributed by atoms with Crippen LogP contribution in [0, 0.1) is 11.8 Å². The predicted octanol–water partition coefficient (Wildman–Crippen LogP) is 4.16. The van der Waals surface area contributed by atoms with Crippen LogP contribution < -0.4 is 10.4 Å². The zero-order valence-electron chi connectivity index (χ0n) is 18.2. The third kappa shape index (κ3) is 4.35. The number of benzene rings is 1. The zero-order chi connectivity index (χ0) is 22.2. The van der Waals surface area contributed by atoms with Crippen LogP contribution in [0.1, 0.15) is 59.6 Å². The van der Waals surface area contributed by atoms with E-state index in [1.54, 1.807) is 45.9 Å². The summed E-state index contributed by atoms with van der Waals surface area (Å²) in [6, 6.07) is 6.45. The molecule has 0 radical (unpaired) electrons. The molecule has 0 saturated carbocycles. The third-order valence-corrected chi connectivity index (χ3v) is 4.95. The molecule has 0 bridgehead atoms. The summed E-state index contributed by atoms with van der Waals surface area (Å²) in [4.78, 5) is 37.0. The Bertz CT molecular complexity index is 1020. The maximum Gasteiger partial charge on any atom is 0.336 e. The summed E-state index contributed by atoms with van der Waals surface area (Å²) in [6.07, 6.45) is -1.69. The second kappa shape index (κ2) is 8.13. The Morgan fingerprint density at radius 2 is 1.73 bits per heavy atom. The Morgan fingerprint density at radius 1 is 1.07 bits per heavy atom. The van der Waals surface area contributed by atoms with E-state index in [9.17, 15) is 14.4 Å². The van der Waals surface area contributed by atoms with Gasteiger partial charge < -0.3 is 18.6 Å². The van der Waals surface area contributed by atoms with E-state index in [1.807, 2.05) is 13.8 Å². The van der Waals surface area contributed by atoms with Crippen molar-refractivity contribution in [2.45, 2.75) is 65.8 Å². The van der Waals surface area contributed by atoms with Crippen LogP contribution in [-0.4, -0.2) is 23.6 Å². The van der Waals surface area contributed by atoms with E-state index in [2.05, 4.69) is 0 Å². The number of hydrogen-bond donors (Lipinski definition) is 0. The molecule has 2 atom stereocenters. The van der Waals surface area contributed by atoms with E-state index in [4.69, 9.17) is 18.6 Å². The molecule has 0 spiro atoms. The lowest BCUT2D eigenvalue weighted by Gasteiger charge is -2.43. The Morgan fingerprint density at radius 3 is 2.37 bits per heavy atom. The van der Waals surface area contributed by atoms with Crippen molar-refractivity contribution in [3.8, 4) is 5.75 Å². The van der Waals surface area contributed by atoms with Crippen LogP contribution in [0.2, 0.25) is 0 Å². The Kier molecular flexibility index (Phi) is 5.92. The van der Waals surface area contributed by atoms with Gasteiger partial charge >= 0.3 is 17.6 Å². The molecule has 1 aromatic heterocycles. The van der Waals surface area contributed by atoms with E-state index in [0.717, 1.165) is 0 Å². The highest BCUT2D eigenvalue weighted by Gasteiger charge is 2.50. The number of fused-ring (bicyclic) bond motifs is 3. The standard InChI is InChI=1S/C23H28O7/c1-12(2)11-17(25)28-21-20(29-22(26)13(3)4)18-15(30-23(21,5)6)9-7-14-8-10-16(24)27-19(14)18/h7-10,12-13,20-21H,11H2,1-6H3. The van der Waals surface area contributed by atoms with Gasteiger partial charge in [0.1, 0.15) is 16.9 Å². The minimum Gasteiger partial charge on any atom is -0.483 e. The van der Waals surface area contributed by atoms with Gasteiger partial charge in [0.05, 0.1) is 11.5 Å². The summed E-state index contributed by atoms with van der Waals surface area (Å²) in [7, 11) is 0.